The predicted octanol–water partition coefficient (Wildman–Crippen LogP) is 1.83. The van der Waals surface area contributed by atoms with Gasteiger partial charge in [0.15, 0.2) is 5.69 Å². The monoisotopic (exact) mass is 363 g/mol. The van der Waals surface area contributed by atoms with E-state index in [0.717, 1.165) is 0 Å². The van der Waals surface area contributed by atoms with Crippen molar-refractivity contribution in [2.24, 2.45) is 0 Å². The van der Waals surface area contributed by atoms with Gasteiger partial charge < -0.3 is 15.4 Å². The molecule has 2 amide bonds. The molecular weight excluding hydrogens is 346 g/mol. The number of methoxy groups -OCH3 is 1. The second-order valence-electron chi connectivity index (χ2n) is 5.63. The highest BCUT2D eigenvalue weighted by Gasteiger charge is 2.21. The minimum atomic E-state index is -0.461. The van der Waals surface area contributed by atoms with E-state index in [2.05, 4.69) is 15.6 Å². The highest BCUT2D eigenvalue weighted by Crippen LogP contribution is 2.16. The van der Waals surface area contributed by atoms with E-state index in [1.54, 1.807) is 60.2 Å². The number of fused-ring (bicyclic) bond motifs is 1. The summed E-state index contributed by atoms with van der Waals surface area (Å²) in [5, 5.41) is 14.3. The first kappa shape index (κ1) is 18.1. The van der Waals surface area contributed by atoms with Crippen LogP contribution in [-0.4, -0.2) is 41.5 Å². The Labute approximate surface area is 155 Å². The highest BCUT2D eigenvalue weighted by molar-refractivity contribution is 6.06. The first-order chi connectivity index (χ1) is 13.1. The molecule has 136 valence electrons. The fraction of sp³-hybridized carbons (Fsp3) is 0.158. The fourth-order valence-corrected chi connectivity index (χ4v) is 2.53. The van der Waals surface area contributed by atoms with E-state index in [4.69, 9.17) is 10.00 Å². The van der Waals surface area contributed by atoms with Crippen LogP contribution in [0.2, 0.25) is 0 Å². The van der Waals surface area contributed by atoms with Gasteiger partial charge in [0.05, 0.1) is 23.8 Å². The van der Waals surface area contributed by atoms with E-state index in [1.807, 2.05) is 6.07 Å². The Balaban J connectivity index is 1.88. The van der Waals surface area contributed by atoms with Gasteiger partial charge in [0.2, 0.25) is 5.82 Å². The van der Waals surface area contributed by atoms with Crippen molar-refractivity contribution in [2.75, 3.05) is 25.6 Å². The molecule has 0 radical (unpaired) electrons. The molecule has 8 nitrogen and oxygen atoms in total. The molecule has 0 unspecified atom stereocenters. The Kier molecular flexibility index (Phi) is 5.44. The average molecular weight is 363 g/mol. The van der Waals surface area contributed by atoms with E-state index in [1.165, 1.54) is 0 Å². The molecule has 0 fully saturated rings. The number of aromatic nitrogens is 2. The largest absolute Gasteiger partial charge is 0.383 e. The van der Waals surface area contributed by atoms with Gasteiger partial charge >= 0.3 is 0 Å². The van der Waals surface area contributed by atoms with Gasteiger partial charge in [0.25, 0.3) is 11.8 Å². The number of hydrogen-bond donors (Lipinski definition) is 2. The molecule has 2 N–H and O–H groups in total. The molecule has 0 aliphatic heterocycles. The zero-order valence-corrected chi connectivity index (χ0v) is 14.6. The summed E-state index contributed by atoms with van der Waals surface area (Å²) in [6.45, 7) is 0.720. The Bertz CT molecular complexity index is 1020. The first-order valence-corrected chi connectivity index (χ1v) is 8.20. The number of benzene rings is 1. The van der Waals surface area contributed by atoms with Crippen molar-refractivity contribution in [3.63, 3.8) is 0 Å². The van der Waals surface area contributed by atoms with Crippen LogP contribution >= 0.6 is 0 Å². The van der Waals surface area contributed by atoms with E-state index in [0.29, 0.717) is 29.9 Å². The minimum Gasteiger partial charge on any atom is -0.383 e. The third kappa shape index (κ3) is 3.94. The molecule has 0 aliphatic carbocycles. The molecular formula is C19H17N5O3. The van der Waals surface area contributed by atoms with Gasteiger partial charge in [-0.15, -0.1) is 0 Å². The van der Waals surface area contributed by atoms with Gasteiger partial charge in [-0.1, -0.05) is 6.07 Å². The number of rotatable bonds is 6. The van der Waals surface area contributed by atoms with E-state index >= 15 is 0 Å². The number of hydrogen-bond acceptors (Lipinski definition) is 5. The lowest BCUT2D eigenvalue weighted by Crippen LogP contribution is -2.27. The number of carbonyl (C=O) groups excluding carboxylic acids is 2. The molecule has 3 aromatic rings. The lowest BCUT2D eigenvalue weighted by atomic mass is 10.2. The van der Waals surface area contributed by atoms with Crippen molar-refractivity contribution in [1.82, 2.24) is 14.7 Å². The lowest BCUT2D eigenvalue weighted by Gasteiger charge is -2.04. The van der Waals surface area contributed by atoms with Gasteiger partial charge in [-0.3, -0.25) is 14.0 Å². The number of nitriles is 1. The van der Waals surface area contributed by atoms with Gasteiger partial charge in [-0.05, 0) is 36.4 Å². The van der Waals surface area contributed by atoms with Crippen molar-refractivity contribution < 1.29 is 14.3 Å². The van der Waals surface area contributed by atoms with Crippen molar-refractivity contribution in [1.29, 1.82) is 5.26 Å². The lowest BCUT2D eigenvalue weighted by molar-refractivity contribution is 0.0934. The molecule has 0 saturated carbocycles. The smallest absolute Gasteiger partial charge is 0.292 e. The first-order valence-electron chi connectivity index (χ1n) is 8.20. The van der Waals surface area contributed by atoms with Gasteiger partial charge in [-0.2, -0.15) is 5.26 Å². The number of amides is 2. The number of nitrogens with one attached hydrogen (secondary N) is 2. The number of pyridine rings is 1. The summed E-state index contributed by atoms with van der Waals surface area (Å²) in [5.41, 5.74) is 1.71. The Hall–Kier alpha value is -3.70. The molecule has 2 aromatic heterocycles. The number of carbonyl (C=O) groups is 2. The van der Waals surface area contributed by atoms with Crippen molar-refractivity contribution in [2.45, 2.75) is 0 Å². The summed E-state index contributed by atoms with van der Waals surface area (Å²) in [7, 11) is 1.55. The van der Waals surface area contributed by atoms with Crippen LogP contribution < -0.4 is 10.6 Å². The standard InChI is InChI=1S/C19H17N5O3/c1-27-11-9-21-18(25)16-15-4-2-3-10-24(15)17(23-16)19(26)22-14-7-5-13(12-20)6-8-14/h2-8,10H,9,11H2,1H3,(H,21,25)(H,22,26). The molecule has 3 rings (SSSR count). The molecule has 0 bridgehead atoms. The topological polar surface area (TPSA) is 109 Å². The zero-order chi connectivity index (χ0) is 19.2. The Morgan fingerprint density at radius 3 is 2.67 bits per heavy atom. The van der Waals surface area contributed by atoms with Gasteiger partial charge in [-0.25, -0.2) is 4.98 Å². The summed E-state index contributed by atoms with van der Waals surface area (Å²) < 4.78 is 6.48. The summed E-state index contributed by atoms with van der Waals surface area (Å²) >= 11 is 0. The van der Waals surface area contributed by atoms with Crippen LogP contribution in [0.1, 0.15) is 26.7 Å². The van der Waals surface area contributed by atoms with Crippen LogP contribution in [0.5, 0.6) is 0 Å². The maximum atomic E-state index is 12.7. The van der Waals surface area contributed by atoms with Crippen LogP contribution in [0, 0.1) is 11.3 Å². The molecule has 8 heteroatoms. The number of anilines is 1. The third-order valence-electron chi connectivity index (χ3n) is 3.83. The van der Waals surface area contributed by atoms with E-state index in [9.17, 15) is 9.59 Å². The molecule has 2 heterocycles. The summed E-state index contributed by atoms with van der Waals surface area (Å²) in [6, 6.07) is 13.7. The number of ether oxygens (including phenoxy) is 1. The maximum absolute atomic E-state index is 12.7. The SMILES string of the molecule is COCCNC(=O)c1nc(C(=O)Nc2ccc(C#N)cc2)n2ccccc12. The second-order valence-corrected chi connectivity index (χ2v) is 5.63. The fourth-order valence-electron chi connectivity index (χ4n) is 2.53. The molecule has 0 aliphatic rings. The van der Waals surface area contributed by atoms with Gasteiger partial charge in [0, 0.05) is 25.5 Å². The highest BCUT2D eigenvalue weighted by atomic mass is 16.5. The van der Waals surface area contributed by atoms with Crippen molar-refractivity contribution >= 4 is 23.0 Å². The molecule has 1 aromatic carbocycles. The average Bonchev–Trinajstić information content (AvgIpc) is 3.09. The van der Waals surface area contributed by atoms with E-state index in [-0.39, 0.29) is 17.4 Å². The van der Waals surface area contributed by atoms with Crippen LogP contribution in [0.15, 0.2) is 48.7 Å². The third-order valence-corrected chi connectivity index (χ3v) is 3.83. The number of nitrogens with zero attached hydrogens (tertiary/aromatic N) is 3. The van der Waals surface area contributed by atoms with Crippen LogP contribution in [0.3, 0.4) is 0 Å². The molecule has 27 heavy (non-hydrogen) atoms. The molecule has 0 saturated heterocycles. The van der Waals surface area contributed by atoms with Gasteiger partial charge in [0.1, 0.15) is 0 Å². The Morgan fingerprint density at radius 1 is 1.19 bits per heavy atom. The van der Waals surface area contributed by atoms with Crippen LogP contribution in [0.25, 0.3) is 5.52 Å². The van der Waals surface area contributed by atoms with Crippen LogP contribution in [0.4, 0.5) is 5.69 Å². The molecule has 0 spiro atoms. The number of imidazole rings is 1. The van der Waals surface area contributed by atoms with Crippen LogP contribution in [-0.2, 0) is 4.74 Å². The van der Waals surface area contributed by atoms with Crippen molar-refractivity contribution in [3.05, 3.63) is 65.7 Å². The second kappa shape index (κ2) is 8.12. The van der Waals surface area contributed by atoms with E-state index < -0.39 is 5.91 Å². The van der Waals surface area contributed by atoms with Crippen molar-refractivity contribution in [3.8, 4) is 6.07 Å². The molecule has 0 atom stereocenters. The zero-order valence-electron chi connectivity index (χ0n) is 14.6. The Morgan fingerprint density at radius 2 is 1.96 bits per heavy atom. The summed E-state index contributed by atoms with van der Waals surface area (Å²) in [5.74, 6) is -0.753. The maximum Gasteiger partial charge on any atom is 0.292 e. The minimum absolute atomic E-state index is 0.0897. The summed E-state index contributed by atoms with van der Waals surface area (Å²) in [6.07, 6.45) is 1.67. The summed E-state index contributed by atoms with van der Waals surface area (Å²) in [4.78, 5) is 29.3. The normalized spacial score (nSPS) is 10.4. The predicted molar refractivity (Wildman–Crippen MR) is 98.5 cm³/mol. The quantitative estimate of drug-likeness (QED) is 0.650.